The lowest BCUT2D eigenvalue weighted by atomic mass is 10.0. The Kier molecular flexibility index (Phi) is 7.27. The van der Waals surface area contributed by atoms with Crippen molar-refractivity contribution < 1.29 is 4.42 Å². The van der Waals surface area contributed by atoms with Crippen LogP contribution in [-0.4, -0.2) is 0 Å². The number of anilines is 6. The summed E-state index contributed by atoms with van der Waals surface area (Å²) in [6.07, 6.45) is 0. The SMILES string of the molecule is c1ccc(N(c2cc(N(c3ccccc3)c3ccc4c(c3)sc3ccccc34)c3c(c2)oc2ccc4ccccc4c23)c2ccc3sc4ccccc4c3c2)cc1. The molecule has 0 atom stereocenters. The fourth-order valence-electron chi connectivity index (χ4n) is 8.67. The van der Waals surface area contributed by atoms with E-state index in [0.29, 0.717) is 0 Å². The minimum atomic E-state index is 0.834. The summed E-state index contributed by atoms with van der Waals surface area (Å²) >= 11 is 3.69. The van der Waals surface area contributed by atoms with Gasteiger partial charge in [0.2, 0.25) is 0 Å². The second-order valence-electron chi connectivity index (χ2n) is 14.5. The number of hydrogen-bond donors (Lipinski definition) is 0. The third kappa shape index (κ3) is 5.17. The van der Waals surface area contributed by atoms with Crippen molar-refractivity contribution in [3.63, 3.8) is 0 Å². The van der Waals surface area contributed by atoms with Gasteiger partial charge in [0.25, 0.3) is 0 Å². The van der Waals surface area contributed by atoms with Crippen molar-refractivity contribution in [2.45, 2.75) is 0 Å². The maximum absolute atomic E-state index is 6.96. The molecule has 0 N–H and O–H groups in total. The monoisotopic (exact) mass is 764 g/mol. The molecule has 5 heteroatoms. The van der Waals surface area contributed by atoms with Gasteiger partial charge in [-0.25, -0.2) is 0 Å². The molecule has 57 heavy (non-hydrogen) atoms. The van der Waals surface area contributed by atoms with Crippen LogP contribution in [0.1, 0.15) is 0 Å². The molecule has 9 aromatic carbocycles. The maximum atomic E-state index is 6.96. The van der Waals surface area contributed by atoms with Crippen LogP contribution in [0.15, 0.2) is 199 Å². The molecule has 0 spiro atoms. The molecule has 0 bridgehead atoms. The van der Waals surface area contributed by atoms with Gasteiger partial charge in [0.1, 0.15) is 11.2 Å². The Labute approximate surface area is 336 Å². The molecule has 0 saturated heterocycles. The molecule has 0 saturated carbocycles. The van der Waals surface area contributed by atoms with Crippen LogP contribution in [0.4, 0.5) is 34.1 Å². The van der Waals surface area contributed by atoms with Crippen LogP contribution in [0.3, 0.4) is 0 Å². The third-order valence-electron chi connectivity index (χ3n) is 11.2. The van der Waals surface area contributed by atoms with Crippen molar-refractivity contribution in [2.75, 3.05) is 9.80 Å². The average molecular weight is 765 g/mol. The number of fused-ring (bicyclic) bond motifs is 11. The van der Waals surface area contributed by atoms with Crippen LogP contribution < -0.4 is 9.80 Å². The molecular weight excluding hydrogens is 733 g/mol. The Morgan fingerprint density at radius 1 is 0.316 bits per heavy atom. The minimum absolute atomic E-state index is 0.834. The molecule has 268 valence electrons. The topological polar surface area (TPSA) is 19.6 Å². The zero-order valence-electron chi connectivity index (χ0n) is 30.6. The number of para-hydroxylation sites is 2. The first-order valence-electron chi connectivity index (χ1n) is 19.2. The Balaban J connectivity index is 1.18. The molecule has 3 aromatic heterocycles. The van der Waals surface area contributed by atoms with E-state index < -0.39 is 0 Å². The molecule has 0 aliphatic heterocycles. The standard InChI is InChI=1S/C52H32N2OS2/c1-3-14-34(15-4-1)53(36-25-28-49-43(29-36)41-20-10-12-22-48(41)56-49)38-30-44(52-46(31-38)55-45-27-23-33-13-7-8-18-39(33)51(45)52)54(35-16-5-2-6-17-35)37-24-26-42-40-19-9-11-21-47(40)57-50(42)32-37/h1-32H. The van der Waals surface area contributed by atoms with Gasteiger partial charge >= 0.3 is 0 Å². The van der Waals surface area contributed by atoms with Gasteiger partial charge in [0.05, 0.1) is 16.8 Å². The molecule has 12 aromatic rings. The smallest absolute Gasteiger partial charge is 0.139 e. The highest BCUT2D eigenvalue weighted by Crippen LogP contribution is 2.50. The molecule has 0 aliphatic rings. The normalized spacial score (nSPS) is 11.9. The second kappa shape index (κ2) is 12.8. The summed E-state index contributed by atoms with van der Waals surface area (Å²) in [5, 5.41) is 9.66. The predicted octanol–water partition coefficient (Wildman–Crippen LogP) is 16.4. The highest BCUT2D eigenvalue weighted by atomic mass is 32.1. The van der Waals surface area contributed by atoms with Gasteiger partial charge in [-0.3, -0.25) is 0 Å². The van der Waals surface area contributed by atoms with Crippen molar-refractivity contribution in [3.8, 4) is 0 Å². The number of furan rings is 1. The summed E-state index contributed by atoms with van der Waals surface area (Å²) < 4.78 is 12.1. The predicted molar refractivity (Wildman–Crippen MR) is 246 cm³/mol. The van der Waals surface area contributed by atoms with Crippen molar-refractivity contribution in [2.24, 2.45) is 0 Å². The lowest BCUT2D eigenvalue weighted by molar-refractivity contribution is 0.669. The van der Waals surface area contributed by atoms with Gasteiger partial charge in [-0.1, -0.05) is 109 Å². The lowest BCUT2D eigenvalue weighted by Gasteiger charge is -2.30. The van der Waals surface area contributed by atoms with Crippen LogP contribution in [0.5, 0.6) is 0 Å². The van der Waals surface area contributed by atoms with Crippen LogP contribution in [0.25, 0.3) is 73.1 Å². The van der Waals surface area contributed by atoms with E-state index in [4.69, 9.17) is 4.42 Å². The quantitative estimate of drug-likeness (QED) is 0.168. The maximum Gasteiger partial charge on any atom is 0.139 e. The fourth-order valence-corrected chi connectivity index (χ4v) is 10.9. The Hall–Kier alpha value is -6.92. The Morgan fingerprint density at radius 3 is 1.67 bits per heavy atom. The first-order valence-corrected chi connectivity index (χ1v) is 20.8. The average Bonchev–Trinajstić information content (AvgIpc) is 3.96. The highest BCUT2D eigenvalue weighted by molar-refractivity contribution is 7.26. The summed E-state index contributed by atoms with van der Waals surface area (Å²) in [6, 6.07) is 70.2. The van der Waals surface area contributed by atoms with Gasteiger partial charge in [-0.2, -0.15) is 0 Å². The van der Waals surface area contributed by atoms with Crippen LogP contribution in [-0.2, 0) is 0 Å². The molecule has 0 radical (unpaired) electrons. The number of thiophene rings is 2. The van der Waals surface area contributed by atoms with Gasteiger partial charge < -0.3 is 14.2 Å². The highest BCUT2D eigenvalue weighted by Gasteiger charge is 2.25. The van der Waals surface area contributed by atoms with E-state index in [0.717, 1.165) is 56.1 Å². The molecule has 12 rings (SSSR count). The molecule has 0 aliphatic carbocycles. The first kappa shape index (κ1) is 32.3. The molecule has 0 amide bonds. The van der Waals surface area contributed by atoms with E-state index in [1.165, 1.54) is 51.1 Å². The van der Waals surface area contributed by atoms with E-state index >= 15 is 0 Å². The molecule has 0 unspecified atom stereocenters. The number of benzene rings is 9. The van der Waals surface area contributed by atoms with Gasteiger partial charge in [-0.15, -0.1) is 22.7 Å². The number of nitrogens with zero attached hydrogens (tertiary/aromatic N) is 2. The van der Waals surface area contributed by atoms with Gasteiger partial charge in [0.15, 0.2) is 0 Å². The summed E-state index contributed by atoms with van der Waals surface area (Å²) in [4.78, 5) is 4.80. The third-order valence-corrected chi connectivity index (χ3v) is 13.5. The Bertz CT molecular complexity index is 3490. The fraction of sp³-hybridized carbons (Fsp3) is 0. The minimum Gasteiger partial charge on any atom is -0.456 e. The summed E-state index contributed by atoms with van der Waals surface area (Å²) in [5.41, 5.74) is 8.08. The molecule has 3 heterocycles. The summed E-state index contributed by atoms with van der Waals surface area (Å²) in [6.45, 7) is 0. The zero-order valence-corrected chi connectivity index (χ0v) is 32.2. The Morgan fingerprint density at radius 2 is 0.895 bits per heavy atom. The molecular formula is C52H32N2OS2. The molecule has 3 nitrogen and oxygen atoms in total. The summed E-state index contributed by atoms with van der Waals surface area (Å²) in [5.74, 6) is 0. The van der Waals surface area contributed by atoms with Gasteiger partial charge in [-0.05, 0) is 89.6 Å². The number of rotatable bonds is 6. The van der Waals surface area contributed by atoms with E-state index in [1.807, 2.05) is 22.7 Å². The van der Waals surface area contributed by atoms with Crippen molar-refractivity contribution in [1.82, 2.24) is 0 Å². The van der Waals surface area contributed by atoms with E-state index in [2.05, 4.69) is 204 Å². The van der Waals surface area contributed by atoms with E-state index in [1.54, 1.807) is 0 Å². The van der Waals surface area contributed by atoms with E-state index in [9.17, 15) is 0 Å². The van der Waals surface area contributed by atoms with Crippen molar-refractivity contribution in [3.05, 3.63) is 194 Å². The van der Waals surface area contributed by atoms with Crippen LogP contribution in [0.2, 0.25) is 0 Å². The first-order chi connectivity index (χ1) is 28.2. The van der Waals surface area contributed by atoms with Crippen molar-refractivity contribution >= 4 is 130 Å². The largest absolute Gasteiger partial charge is 0.456 e. The zero-order chi connectivity index (χ0) is 37.5. The van der Waals surface area contributed by atoms with Crippen molar-refractivity contribution in [1.29, 1.82) is 0 Å². The van der Waals surface area contributed by atoms with E-state index in [-0.39, 0.29) is 0 Å². The van der Waals surface area contributed by atoms with Crippen LogP contribution in [0, 0.1) is 0 Å². The summed E-state index contributed by atoms with van der Waals surface area (Å²) in [7, 11) is 0. The lowest BCUT2D eigenvalue weighted by Crippen LogP contribution is -2.13. The van der Waals surface area contributed by atoms with Gasteiger partial charge in [0, 0.05) is 74.5 Å². The second-order valence-corrected chi connectivity index (χ2v) is 16.7. The molecule has 0 fully saturated rings. The number of hydrogen-bond acceptors (Lipinski definition) is 5. The van der Waals surface area contributed by atoms with Crippen LogP contribution >= 0.6 is 22.7 Å².